The van der Waals surface area contributed by atoms with Gasteiger partial charge in [-0.15, -0.1) is 0 Å². The van der Waals surface area contributed by atoms with E-state index in [0.29, 0.717) is 32.7 Å². The Balaban J connectivity index is 2.03. The van der Waals surface area contributed by atoms with Crippen molar-refractivity contribution in [2.24, 2.45) is 5.92 Å². The predicted octanol–water partition coefficient (Wildman–Crippen LogP) is -1.03. The lowest BCUT2D eigenvalue weighted by Crippen LogP contribution is -2.48. The Labute approximate surface area is 100 Å². The molecule has 0 aromatic rings. The summed E-state index contributed by atoms with van der Waals surface area (Å²) in [5.41, 5.74) is 0. The quantitative estimate of drug-likeness (QED) is 0.704. The number of rotatable bonds is 3. The molecule has 0 aromatic carbocycles. The maximum Gasteiger partial charge on any atom is 0.307 e. The van der Waals surface area contributed by atoms with Crippen molar-refractivity contribution in [3.8, 4) is 0 Å². The standard InChI is InChI=1S/C9H16N2O5S/c12-9(13)8-1-2-11(7-8)17(14,15)10-3-5-16-6-4-10/h8H,1-7H2,(H,12,13). The molecular weight excluding hydrogens is 248 g/mol. The van der Waals surface area contributed by atoms with E-state index in [0.717, 1.165) is 0 Å². The molecule has 2 heterocycles. The Kier molecular flexibility index (Phi) is 3.67. The second-order valence-corrected chi connectivity index (χ2v) is 6.13. The van der Waals surface area contributed by atoms with E-state index in [-0.39, 0.29) is 13.1 Å². The number of nitrogens with zero attached hydrogens (tertiary/aromatic N) is 2. The first-order chi connectivity index (χ1) is 8.01. The van der Waals surface area contributed by atoms with Crippen LogP contribution in [0, 0.1) is 5.92 Å². The number of morpholine rings is 1. The summed E-state index contributed by atoms with van der Waals surface area (Å²) in [5, 5.41) is 8.85. The van der Waals surface area contributed by atoms with Crippen molar-refractivity contribution in [1.29, 1.82) is 0 Å². The zero-order valence-electron chi connectivity index (χ0n) is 9.41. The van der Waals surface area contributed by atoms with Crippen molar-refractivity contribution in [2.45, 2.75) is 6.42 Å². The SMILES string of the molecule is O=C(O)C1CCN(S(=O)(=O)N2CCOCC2)C1. The van der Waals surface area contributed by atoms with Gasteiger partial charge in [0.1, 0.15) is 0 Å². The summed E-state index contributed by atoms with van der Waals surface area (Å²) in [7, 11) is -3.50. The average molecular weight is 264 g/mol. The van der Waals surface area contributed by atoms with Gasteiger partial charge in [-0.25, -0.2) is 0 Å². The average Bonchev–Trinajstić information content (AvgIpc) is 2.80. The Morgan fingerprint density at radius 3 is 2.35 bits per heavy atom. The van der Waals surface area contributed by atoms with E-state index < -0.39 is 22.1 Å². The molecule has 0 saturated carbocycles. The van der Waals surface area contributed by atoms with Gasteiger partial charge in [0.15, 0.2) is 0 Å². The Bertz CT molecular complexity index is 390. The molecule has 7 nitrogen and oxygen atoms in total. The molecule has 0 radical (unpaired) electrons. The molecule has 1 atom stereocenters. The van der Waals surface area contributed by atoms with Crippen LogP contribution in [0.15, 0.2) is 0 Å². The third kappa shape index (κ3) is 2.59. The number of carboxylic acids is 1. The smallest absolute Gasteiger partial charge is 0.307 e. The third-order valence-corrected chi connectivity index (χ3v) is 5.12. The lowest BCUT2D eigenvalue weighted by Gasteiger charge is -2.29. The predicted molar refractivity (Wildman–Crippen MR) is 58.6 cm³/mol. The molecule has 0 bridgehead atoms. The van der Waals surface area contributed by atoms with Crippen LogP contribution in [0.5, 0.6) is 0 Å². The molecule has 0 amide bonds. The maximum atomic E-state index is 12.2. The van der Waals surface area contributed by atoms with E-state index in [1.54, 1.807) is 0 Å². The molecule has 1 unspecified atom stereocenters. The van der Waals surface area contributed by atoms with E-state index >= 15 is 0 Å². The van der Waals surface area contributed by atoms with Crippen LogP contribution in [0.2, 0.25) is 0 Å². The first kappa shape index (κ1) is 12.7. The van der Waals surface area contributed by atoms with Gasteiger partial charge in [0.05, 0.1) is 19.1 Å². The Morgan fingerprint density at radius 1 is 1.18 bits per heavy atom. The number of carbonyl (C=O) groups is 1. The third-order valence-electron chi connectivity index (χ3n) is 3.12. The lowest BCUT2D eigenvalue weighted by atomic mass is 10.1. The van der Waals surface area contributed by atoms with Crippen molar-refractivity contribution in [3.63, 3.8) is 0 Å². The van der Waals surface area contributed by atoms with Gasteiger partial charge in [-0.1, -0.05) is 0 Å². The molecule has 2 fully saturated rings. The van der Waals surface area contributed by atoms with Crippen LogP contribution in [0.25, 0.3) is 0 Å². The second kappa shape index (κ2) is 4.89. The van der Waals surface area contributed by atoms with Crippen LogP contribution < -0.4 is 0 Å². The van der Waals surface area contributed by atoms with Crippen LogP contribution in [-0.4, -0.2) is 67.5 Å². The number of hydrogen-bond donors (Lipinski definition) is 1. The number of aliphatic carboxylic acids is 1. The topological polar surface area (TPSA) is 87.2 Å². The molecule has 0 spiro atoms. The van der Waals surface area contributed by atoms with Gasteiger partial charge in [-0.2, -0.15) is 17.0 Å². The van der Waals surface area contributed by atoms with Crippen molar-refractivity contribution in [3.05, 3.63) is 0 Å². The zero-order chi connectivity index (χ0) is 12.5. The summed E-state index contributed by atoms with van der Waals surface area (Å²) in [5.74, 6) is -1.50. The highest BCUT2D eigenvalue weighted by Crippen LogP contribution is 2.22. The van der Waals surface area contributed by atoms with Gasteiger partial charge in [-0.3, -0.25) is 4.79 Å². The second-order valence-electron chi connectivity index (χ2n) is 4.20. The summed E-state index contributed by atoms with van der Waals surface area (Å²) in [6.07, 6.45) is 0.388. The van der Waals surface area contributed by atoms with Crippen LogP contribution >= 0.6 is 0 Å². The first-order valence-electron chi connectivity index (χ1n) is 5.57. The van der Waals surface area contributed by atoms with Gasteiger partial charge >= 0.3 is 5.97 Å². The highest BCUT2D eigenvalue weighted by Gasteiger charge is 2.38. The number of carboxylic acid groups (broad SMARTS) is 1. The molecule has 2 saturated heterocycles. The van der Waals surface area contributed by atoms with Crippen molar-refractivity contribution < 1.29 is 23.1 Å². The van der Waals surface area contributed by atoms with Gasteiger partial charge in [0, 0.05) is 26.2 Å². The summed E-state index contributed by atoms with van der Waals surface area (Å²) >= 11 is 0. The fraction of sp³-hybridized carbons (Fsp3) is 0.889. The van der Waals surface area contributed by atoms with E-state index in [9.17, 15) is 13.2 Å². The Morgan fingerprint density at radius 2 is 1.82 bits per heavy atom. The maximum absolute atomic E-state index is 12.2. The first-order valence-corrected chi connectivity index (χ1v) is 6.97. The molecule has 0 aliphatic carbocycles. The molecule has 0 aromatic heterocycles. The van der Waals surface area contributed by atoms with E-state index in [1.165, 1.54) is 8.61 Å². The van der Waals surface area contributed by atoms with Crippen molar-refractivity contribution in [2.75, 3.05) is 39.4 Å². The fourth-order valence-corrected chi connectivity index (χ4v) is 3.72. The van der Waals surface area contributed by atoms with E-state index in [4.69, 9.17) is 9.84 Å². The van der Waals surface area contributed by atoms with Crippen LogP contribution in [-0.2, 0) is 19.7 Å². The minimum atomic E-state index is -3.50. The molecule has 2 aliphatic heterocycles. The molecule has 2 aliphatic rings. The largest absolute Gasteiger partial charge is 0.481 e. The minimum absolute atomic E-state index is 0.0784. The van der Waals surface area contributed by atoms with Gasteiger partial charge in [0.2, 0.25) is 0 Å². The van der Waals surface area contributed by atoms with E-state index in [1.807, 2.05) is 0 Å². The summed E-state index contributed by atoms with van der Waals surface area (Å²) in [6, 6.07) is 0. The van der Waals surface area contributed by atoms with Crippen molar-refractivity contribution >= 4 is 16.2 Å². The number of ether oxygens (including phenoxy) is 1. The van der Waals surface area contributed by atoms with Crippen LogP contribution in [0.3, 0.4) is 0 Å². The summed E-state index contributed by atoms with van der Waals surface area (Å²) in [6.45, 7) is 1.85. The molecule has 98 valence electrons. The molecule has 1 N–H and O–H groups in total. The van der Waals surface area contributed by atoms with Crippen LogP contribution in [0.1, 0.15) is 6.42 Å². The zero-order valence-corrected chi connectivity index (χ0v) is 10.2. The van der Waals surface area contributed by atoms with E-state index in [2.05, 4.69) is 0 Å². The van der Waals surface area contributed by atoms with Gasteiger partial charge < -0.3 is 9.84 Å². The molecule has 8 heteroatoms. The number of hydrogen-bond acceptors (Lipinski definition) is 4. The lowest BCUT2D eigenvalue weighted by molar-refractivity contribution is -0.141. The summed E-state index contributed by atoms with van der Waals surface area (Å²) in [4.78, 5) is 10.8. The monoisotopic (exact) mass is 264 g/mol. The van der Waals surface area contributed by atoms with Gasteiger partial charge in [-0.05, 0) is 6.42 Å². The molecular formula is C9H16N2O5S. The van der Waals surface area contributed by atoms with Crippen molar-refractivity contribution in [1.82, 2.24) is 8.61 Å². The Hall–Kier alpha value is -0.700. The normalized spacial score (nSPS) is 28.4. The van der Waals surface area contributed by atoms with Crippen LogP contribution in [0.4, 0.5) is 0 Å². The van der Waals surface area contributed by atoms with Gasteiger partial charge in [0.25, 0.3) is 10.2 Å². The highest BCUT2D eigenvalue weighted by molar-refractivity contribution is 7.86. The molecule has 2 rings (SSSR count). The highest BCUT2D eigenvalue weighted by atomic mass is 32.2. The summed E-state index contributed by atoms with van der Waals surface area (Å²) < 4.78 is 32.0. The molecule has 17 heavy (non-hydrogen) atoms. The minimum Gasteiger partial charge on any atom is -0.481 e. The fourth-order valence-electron chi connectivity index (χ4n) is 2.08.